The van der Waals surface area contributed by atoms with E-state index in [0.29, 0.717) is 42.5 Å². The lowest BCUT2D eigenvalue weighted by atomic mass is 10.1. The molecular formula is C18H21ClN4O3. The van der Waals surface area contributed by atoms with Crippen LogP contribution in [0.3, 0.4) is 0 Å². The number of primary amides is 1. The van der Waals surface area contributed by atoms with Crippen molar-refractivity contribution in [3.05, 3.63) is 47.2 Å². The van der Waals surface area contributed by atoms with E-state index >= 15 is 0 Å². The lowest BCUT2D eigenvalue weighted by molar-refractivity contribution is -0.119. The molecule has 3 rings (SSSR count). The van der Waals surface area contributed by atoms with Crippen molar-refractivity contribution in [1.29, 1.82) is 0 Å². The third kappa shape index (κ3) is 3.84. The molecular weight excluding hydrogens is 356 g/mol. The highest BCUT2D eigenvalue weighted by Gasteiger charge is 2.26. The minimum absolute atomic E-state index is 0.137. The quantitative estimate of drug-likeness (QED) is 0.854. The van der Waals surface area contributed by atoms with E-state index in [0.717, 1.165) is 5.69 Å². The van der Waals surface area contributed by atoms with Gasteiger partial charge in [-0.05, 0) is 18.2 Å². The molecule has 1 saturated heterocycles. The molecule has 26 heavy (non-hydrogen) atoms. The minimum Gasteiger partial charge on any atom is -0.496 e. The fraction of sp³-hybridized carbons (Fsp3) is 0.333. The van der Waals surface area contributed by atoms with Gasteiger partial charge in [-0.2, -0.15) is 0 Å². The molecule has 1 fully saturated rings. The molecule has 0 spiro atoms. The fourth-order valence-corrected chi connectivity index (χ4v) is 3.33. The second-order valence-electron chi connectivity index (χ2n) is 6.13. The SMILES string of the molecule is COc1cc(-n2cccc2)c(Cl)cc1C(=O)N1CCN(CC(N)=O)CC1. The van der Waals surface area contributed by atoms with Gasteiger partial charge >= 0.3 is 0 Å². The number of amides is 2. The summed E-state index contributed by atoms with van der Waals surface area (Å²) < 4.78 is 7.30. The van der Waals surface area contributed by atoms with Gasteiger partial charge in [-0.25, -0.2) is 0 Å². The lowest BCUT2D eigenvalue weighted by Crippen LogP contribution is -2.50. The number of piperazine rings is 1. The Morgan fingerprint density at radius 1 is 1.15 bits per heavy atom. The van der Waals surface area contributed by atoms with Crippen LogP contribution in [0.4, 0.5) is 0 Å². The molecule has 0 atom stereocenters. The van der Waals surface area contributed by atoms with E-state index in [1.165, 1.54) is 7.11 Å². The molecule has 2 N–H and O–H groups in total. The van der Waals surface area contributed by atoms with Gasteiger partial charge in [0.05, 0.1) is 29.9 Å². The maximum Gasteiger partial charge on any atom is 0.257 e. The summed E-state index contributed by atoms with van der Waals surface area (Å²) in [5, 5.41) is 0.470. The van der Waals surface area contributed by atoms with Crippen molar-refractivity contribution in [1.82, 2.24) is 14.4 Å². The number of methoxy groups -OCH3 is 1. The Bertz CT molecular complexity index is 799. The largest absolute Gasteiger partial charge is 0.496 e. The van der Waals surface area contributed by atoms with Gasteiger partial charge < -0.3 is 19.9 Å². The molecule has 0 saturated carbocycles. The van der Waals surface area contributed by atoms with Crippen molar-refractivity contribution in [2.24, 2.45) is 5.73 Å². The van der Waals surface area contributed by atoms with Gasteiger partial charge in [0.1, 0.15) is 5.75 Å². The predicted molar refractivity (Wildman–Crippen MR) is 98.9 cm³/mol. The number of aromatic nitrogens is 1. The van der Waals surface area contributed by atoms with Crippen LogP contribution in [-0.4, -0.2) is 66.0 Å². The highest BCUT2D eigenvalue weighted by atomic mass is 35.5. The second kappa shape index (κ2) is 7.80. The molecule has 2 heterocycles. The Labute approximate surface area is 156 Å². The van der Waals surface area contributed by atoms with Crippen molar-refractivity contribution in [3.63, 3.8) is 0 Å². The summed E-state index contributed by atoms with van der Waals surface area (Å²) in [4.78, 5) is 27.6. The smallest absolute Gasteiger partial charge is 0.257 e. The molecule has 7 nitrogen and oxygen atoms in total. The van der Waals surface area contributed by atoms with Crippen LogP contribution < -0.4 is 10.5 Å². The zero-order chi connectivity index (χ0) is 18.7. The Kier molecular flexibility index (Phi) is 5.49. The standard InChI is InChI=1S/C18H21ClN4O3/c1-26-16-11-15(22-4-2-3-5-22)14(19)10-13(16)18(25)23-8-6-21(7-9-23)12-17(20)24/h2-5,10-11H,6-9,12H2,1H3,(H2,20,24). The van der Waals surface area contributed by atoms with Gasteiger partial charge in [-0.3, -0.25) is 14.5 Å². The zero-order valence-electron chi connectivity index (χ0n) is 14.5. The first-order chi connectivity index (χ1) is 12.5. The van der Waals surface area contributed by atoms with Crippen molar-refractivity contribution in [3.8, 4) is 11.4 Å². The summed E-state index contributed by atoms with van der Waals surface area (Å²) in [6.07, 6.45) is 3.75. The molecule has 2 amide bonds. The van der Waals surface area contributed by atoms with Gasteiger partial charge in [-0.1, -0.05) is 11.6 Å². The van der Waals surface area contributed by atoms with Crippen molar-refractivity contribution < 1.29 is 14.3 Å². The molecule has 1 aromatic carbocycles. The number of ether oxygens (including phenoxy) is 1. The summed E-state index contributed by atoms with van der Waals surface area (Å²) in [5.74, 6) is -0.0250. The Morgan fingerprint density at radius 3 is 2.38 bits per heavy atom. The fourth-order valence-electron chi connectivity index (χ4n) is 3.07. The van der Waals surface area contributed by atoms with E-state index in [-0.39, 0.29) is 18.4 Å². The average molecular weight is 377 g/mol. The van der Waals surface area contributed by atoms with Crippen molar-refractivity contribution in [2.75, 3.05) is 39.8 Å². The predicted octanol–water partition coefficient (Wildman–Crippen LogP) is 1.38. The summed E-state index contributed by atoms with van der Waals surface area (Å²) in [6, 6.07) is 7.20. The van der Waals surface area contributed by atoms with Crippen LogP contribution in [0.2, 0.25) is 5.02 Å². The average Bonchev–Trinajstić information content (AvgIpc) is 3.15. The number of benzene rings is 1. The molecule has 0 aliphatic carbocycles. The van der Waals surface area contributed by atoms with E-state index in [4.69, 9.17) is 22.1 Å². The summed E-state index contributed by atoms with van der Waals surface area (Å²) in [7, 11) is 1.53. The van der Waals surface area contributed by atoms with E-state index in [1.54, 1.807) is 17.0 Å². The number of nitrogens with zero attached hydrogens (tertiary/aromatic N) is 3. The first kappa shape index (κ1) is 18.3. The third-order valence-corrected chi connectivity index (χ3v) is 4.72. The van der Waals surface area contributed by atoms with Crippen LogP contribution in [0.15, 0.2) is 36.7 Å². The summed E-state index contributed by atoms with van der Waals surface area (Å²) in [6.45, 7) is 2.46. The van der Waals surface area contributed by atoms with Gasteiger partial charge in [0.2, 0.25) is 5.91 Å². The molecule has 1 aromatic heterocycles. The highest BCUT2D eigenvalue weighted by Crippen LogP contribution is 2.31. The molecule has 0 bridgehead atoms. The first-order valence-corrected chi connectivity index (χ1v) is 8.68. The van der Waals surface area contributed by atoms with Crippen molar-refractivity contribution in [2.45, 2.75) is 0 Å². The topological polar surface area (TPSA) is 80.8 Å². The Hall–Kier alpha value is -2.51. The molecule has 8 heteroatoms. The van der Waals surface area contributed by atoms with Gasteiger partial charge in [0.15, 0.2) is 0 Å². The number of hydrogen-bond donors (Lipinski definition) is 1. The molecule has 138 valence electrons. The normalized spacial score (nSPS) is 15.1. The molecule has 1 aliphatic heterocycles. The van der Waals surface area contributed by atoms with Gasteiger partial charge in [-0.15, -0.1) is 0 Å². The maximum absolute atomic E-state index is 12.9. The minimum atomic E-state index is -0.362. The summed E-state index contributed by atoms with van der Waals surface area (Å²) in [5.41, 5.74) is 6.40. The molecule has 0 unspecified atom stereocenters. The van der Waals surface area contributed by atoms with Crippen LogP contribution in [0, 0.1) is 0 Å². The van der Waals surface area contributed by atoms with E-state index in [9.17, 15) is 9.59 Å². The Morgan fingerprint density at radius 2 is 1.81 bits per heavy atom. The van der Waals surface area contributed by atoms with Crippen LogP contribution in [0.25, 0.3) is 5.69 Å². The third-order valence-electron chi connectivity index (χ3n) is 4.42. The van der Waals surface area contributed by atoms with Crippen LogP contribution in [0.1, 0.15) is 10.4 Å². The van der Waals surface area contributed by atoms with Crippen LogP contribution >= 0.6 is 11.6 Å². The number of rotatable bonds is 5. The van der Waals surface area contributed by atoms with E-state index in [1.807, 2.05) is 34.0 Å². The monoisotopic (exact) mass is 376 g/mol. The molecule has 1 aliphatic rings. The van der Waals surface area contributed by atoms with Crippen LogP contribution in [0.5, 0.6) is 5.75 Å². The number of carbonyl (C=O) groups excluding carboxylic acids is 2. The van der Waals surface area contributed by atoms with Crippen LogP contribution in [-0.2, 0) is 4.79 Å². The second-order valence-corrected chi connectivity index (χ2v) is 6.54. The zero-order valence-corrected chi connectivity index (χ0v) is 15.3. The molecule has 2 aromatic rings. The highest BCUT2D eigenvalue weighted by molar-refractivity contribution is 6.33. The van der Waals surface area contributed by atoms with E-state index < -0.39 is 0 Å². The lowest BCUT2D eigenvalue weighted by Gasteiger charge is -2.34. The number of hydrogen-bond acceptors (Lipinski definition) is 4. The Balaban J connectivity index is 1.79. The van der Waals surface area contributed by atoms with Crippen molar-refractivity contribution >= 4 is 23.4 Å². The number of nitrogens with two attached hydrogens (primary N) is 1. The maximum atomic E-state index is 12.9. The summed E-state index contributed by atoms with van der Waals surface area (Å²) >= 11 is 6.41. The van der Waals surface area contributed by atoms with Gasteiger partial charge in [0.25, 0.3) is 5.91 Å². The number of halogens is 1. The van der Waals surface area contributed by atoms with E-state index in [2.05, 4.69) is 0 Å². The number of carbonyl (C=O) groups is 2. The molecule has 0 radical (unpaired) electrons. The first-order valence-electron chi connectivity index (χ1n) is 8.30. The van der Waals surface area contributed by atoms with Gasteiger partial charge in [0, 0.05) is 44.6 Å².